The molecular weight excluding hydrogens is 344 g/mol. The molecule has 4 heteroatoms. The molecule has 4 aromatic rings. The molecule has 0 atom stereocenters. The predicted molar refractivity (Wildman–Crippen MR) is 107 cm³/mol. The monoisotopic (exact) mass is 358 g/mol. The fraction of sp³-hybridized carbons (Fsp3) is 0. The van der Waals surface area contributed by atoms with Crippen molar-refractivity contribution < 1.29 is 4.79 Å². The number of benzene rings is 3. The van der Waals surface area contributed by atoms with Crippen molar-refractivity contribution in [3.05, 3.63) is 95.5 Å². The lowest BCUT2D eigenvalue weighted by Crippen LogP contribution is -2.13. The van der Waals surface area contributed by atoms with Gasteiger partial charge in [-0.1, -0.05) is 60.1 Å². The number of hydrogen-bond donors (Lipinski definition) is 1. The van der Waals surface area contributed by atoms with Crippen LogP contribution in [0.15, 0.2) is 84.9 Å². The van der Waals surface area contributed by atoms with Crippen molar-refractivity contribution in [2.45, 2.75) is 0 Å². The Morgan fingerprint density at radius 2 is 1.54 bits per heavy atom. The summed E-state index contributed by atoms with van der Waals surface area (Å²) < 4.78 is 0. The summed E-state index contributed by atoms with van der Waals surface area (Å²) in [7, 11) is 0. The van der Waals surface area contributed by atoms with E-state index in [1.165, 1.54) is 0 Å². The number of amides is 1. The summed E-state index contributed by atoms with van der Waals surface area (Å²) in [6.07, 6.45) is 0. The maximum atomic E-state index is 12.9. The second-order valence-corrected chi connectivity index (χ2v) is 6.34. The molecule has 0 saturated heterocycles. The average molecular weight is 359 g/mol. The fourth-order valence-corrected chi connectivity index (χ4v) is 3.03. The number of halogens is 1. The standard InChI is InChI=1S/C22H15ClN2O/c23-16-11-12-20-18(13-16)19(22(26)24-17-9-5-2-6-10-17)14-21(25-20)15-7-3-1-4-8-15/h1-14H,(H,24,26). The van der Waals surface area contributed by atoms with E-state index in [1.54, 1.807) is 12.1 Å². The van der Waals surface area contributed by atoms with Crippen molar-refractivity contribution in [2.24, 2.45) is 0 Å². The van der Waals surface area contributed by atoms with Crippen LogP contribution in [0.5, 0.6) is 0 Å². The number of carbonyl (C=O) groups excluding carboxylic acids is 1. The van der Waals surface area contributed by atoms with E-state index >= 15 is 0 Å². The molecule has 3 nitrogen and oxygen atoms in total. The van der Waals surface area contributed by atoms with E-state index in [0.29, 0.717) is 10.6 Å². The van der Waals surface area contributed by atoms with Gasteiger partial charge in [0.2, 0.25) is 0 Å². The van der Waals surface area contributed by atoms with E-state index in [-0.39, 0.29) is 5.91 Å². The summed E-state index contributed by atoms with van der Waals surface area (Å²) >= 11 is 6.15. The first kappa shape index (κ1) is 16.3. The number of fused-ring (bicyclic) bond motifs is 1. The van der Waals surface area contributed by atoms with Crippen LogP contribution in [0.1, 0.15) is 10.4 Å². The Morgan fingerprint density at radius 1 is 0.846 bits per heavy atom. The first-order valence-corrected chi connectivity index (χ1v) is 8.61. The smallest absolute Gasteiger partial charge is 0.256 e. The number of nitrogens with zero attached hydrogens (tertiary/aromatic N) is 1. The Hall–Kier alpha value is -3.17. The summed E-state index contributed by atoms with van der Waals surface area (Å²) in [4.78, 5) is 17.6. The van der Waals surface area contributed by atoms with Gasteiger partial charge in [0.05, 0.1) is 16.8 Å². The van der Waals surface area contributed by atoms with Crippen LogP contribution in [0.4, 0.5) is 5.69 Å². The molecule has 4 rings (SSSR count). The third-order valence-corrected chi connectivity index (χ3v) is 4.35. The van der Waals surface area contributed by atoms with Gasteiger partial charge in [-0.2, -0.15) is 0 Å². The molecule has 26 heavy (non-hydrogen) atoms. The lowest BCUT2D eigenvalue weighted by molar-refractivity contribution is 0.102. The van der Waals surface area contributed by atoms with E-state index in [9.17, 15) is 4.79 Å². The SMILES string of the molecule is O=C(Nc1ccccc1)c1cc(-c2ccccc2)nc2ccc(Cl)cc12. The van der Waals surface area contributed by atoms with Crippen LogP contribution in [-0.2, 0) is 0 Å². The Bertz CT molecular complexity index is 1080. The molecule has 0 fully saturated rings. The van der Waals surface area contributed by atoms with Gasteiger partial charge in [-0.3, -0.25) is 4.79 Å². The number of rotatable bonds is 3. The molecular formula is C22H15ClN2O. The lowest BCUT2D eigenvalue weighted by atomic mass is 10.0. The molecule has 0 saturated carbocycles. The highest BCUT2D eigenvalue weighted by Gasteiger charge is 2.14. The third-order valence-electron chi connectivity index (χ3n) is 4.12. The van der Waals surface area contributed by atoms with Gasteiger partial charge < -0.3 is 5.32 Å². The molecule has 0 bridgehead atoms. The van der Waals surface area contributed by atoms with Crippen LogP contribution in [0.2, 0.25) is 5.02 Å². The normalized spacial score (nSPS) is 10.7. The Morgan fingerprint density at radius 3 is 2.27 bits per heavy atom. The van der Waals surface area contributed by atoms with Gasteiger partial charge in [0.25, 0.3) is 5.91 Å². The van der Waals surface area contributed by atoms with Gasteiger partial charge >= 0.3 is 0 Å². The highest BCUT2D eigenvalue weighted by atomic mass is 35.5. The van der Waals surface area contributed by atoms with E-state index in [2.05, 4.69) is 5.32 Å². The molecule has 1 aromatic heterocycles. The summed E-state index contributed by atoms with van der Waals surface area (Å²) in [5, 5.41) is 4.24. The second kappa shape index (κ2) is 6.98. The molecule has 3 aromatic carbocycles. The van der Waals surface area contributed by atoms with Crippen LogP contribution in [-0.4, -0.2) is 10.9 Å². The van der Waals surface area contributed by atoms with Gasteiger partial charge in [0.1, 0.15) is 0 Å². The highest BCUT2D eigenvalue weighted by molar-refractivity contribution is 6.31. The number of nitrogens with one attached hydrogen (secondary N) is 1. The average Bonchev–Trinajstić information content (AvgIpc) is 2.68. The topological polar surface area (TPSA) is 42.0 Å². The summed E-state index contributed by atoms with van der Waals surface area (Å²) in [6, 6.07) is 26.4. The molecule has 0 aliphatic heterocycles. The Kier molecular flexibility index (Phi) is 4.38. The lowest BCUT2D eigenvalue weighted by Gasteiger charge is -2.11. The fourth-order valence-electron chi connectivity index (χ4n) is 2.86. The molecule has 0 aliphatic rings. The predicted octanol–water partition coefficient (Wildman–Crippen LogP) is 5.81. The summed E-state index contributed by atoms with van der Waals surface area (Å²) in [6.45, 7) is 0. The van der Waals surface area contributed by atoms with Crippen LogP contribution < -0.4 is 5.32 Å². The summed E-state index contributed by atoms with van der Waals surface area (Å²) in [5.74, 6) is -0.192. The molecule has 0 radical (unpaired) electrons. The van der Waals surface area contributed by atoms with Crippen LogP contribution in [0.3, 0.4) is 0 Å². The van der Waals surface area contributed by atoms with Crippen LogP contribution in [0, 0.1) is 0 Å². The minimum Gasteiger partial charge on any atom is -0.322 e. The molecule has 0 unspecified atom stereocenters. The van der Waals surface area contributed by atoms with E-state index in [1.807, 2.05) is 72.8 Å². The van der Waals surface area contributed by atoms with Gasteiger partial charge in [0.15, 0.2) is 0 Å². The first-order valence-electron chi connectivity index (χ1n) is 8.23. The number of hydrogen-bond acceptors (Lipinski definition) is 2. The van der Waals surface area contributed by atoms with Gasteiger partial charge in [-0.25, -0.2) is 4.98 Å². The zero-order valence-corrected chi connectivity index (χ0v) is 14.6. The summed E-state index contributed by atoms with van der Waals surface area (Å²) in [5.41, 5.74) is 3.72. The molecule has 1 amide bonds. The van der Waals surface area contributed by atoms with Crippen molar-refractivity contribution in [3.63, 3.8) is 0 Å². The zero-order chi connectivity index (χ0) is 17.9. The minimum atomic E-state index is -0.192. The minimum absolute atomic E-state index is 0.192. The first-order chi connectivity index (χ1) is 12.7. The molecule has 0 spiro atoms. The maximum Gasteiger partial charge on any atom is 0.256 e. The maximum absolute atomic E-state index is 12.9. The van der Waals surface area contributed by atoms with Gasteiger partial charge in [-0.15, -0.1) is 0 Å². The molecule has 126 valence electrons. The van der Waals surface area contributed by atoms with E-state index in [0.717, 1.165) is 27.8 Å². The largest absolute Gasteiger partial charge is 0.322 e. The van der Waals surface area contributed by atoms with E-state index < -0.39 is 0 Å². The van der Waals surface area contributed by atoms with Gasteiger partial charge in [-0.05, 0) is 36.4 Å². The molecule has 1 N–H and O–H groups in total. The number of aromatic nitrogens is 1. The number of anilines is 1. The van der Waals surface area contributed by atoms with Crippen molar-refractivity contribution >= 4 is 34.1 Å². The van der Waals surface area contributed by atoms with Crippen molar-refractivity contribution in [3.8, 4) is 11.3 Å². The highest BCUT2D eigenvalue weighted by Crippen LogP contribution is 2.27. The van der Waals surface area contributed by atoms with Crippen LogP contribution >= 0.6 is 11.6 Å². The van der Waals surface area contributed by atoms with Crippen molar-refractivity contribution in [2.75, 3.05) is 5.32 Å². The third kappa shape index (κ3) is 3.30. The molecule has 0 aliphatic carbocycles. The Labute approximate surface area is 156 Å². The number of para-hydroxylation sites is 1. The quantitative estimate of drug-likeness (QED) is 0.502. The van der Waals surface area contributed by atoms with Crippen molar-refractivity contribution in [1.82, 2.24) is 4.98 Å². The van der Waals surface area contributed by atoms with Crippen LogP contribution in [0.25, 0.3) is 22.2 Å². The Balaban J connectivity index is 1.85. The zero-order valence-electron chi connectivity index (χ0n) is 13.8. The number of carbonyl (C=O) groups is 1. The second-order valence-electron chi connectivity index (χ2n) is 5.90. The number of pyridine rings is 1. The molecule has 1 heterocycles. The van der Waals surface area contributed by atoms with E-state index in [4.69, 9.17) is 16.6 Å². The van der Waals surface area contributed by atoms with Crippen molar-refractivity contribution in [1.29, 1.82) is 0 Å². The van der Waals surface area contributed by atoms with Gasteiger partial charge in [0, 0.05) is 21.7 Å².